The molecule has 2 atom stereocenters. The number of anilines is 1. The first kappa shape index (κ1) is 24.4. The summed E-state index contributed by atoms with van der Waals surface area (Å²) in [6, 6.07) is 0.974. The molecule has 4 rings (SSSR count). The van der Waals surface area contributed by atoms with Crippen molar-refractivity contribution in [2.75, 3.05) is 24.3 Å². The fourth-order valence-corrected chi connectivity index (χ4v) is 6.22. The number of hydrogen-bond acceptors (Lipinski definition) is 14. The molecule has 2 aliphatic heterocycles. The van der Waals surface area contributed by atoms with E-state index >= 15 is 0 Å². The number of carboxylic acid groups (broad SMARTS) is 1. The van der Waals surface area contributed by atoms with Crippen molar-refractivity contribution in [2.24, 2.45) is 5.16 Å². The Labute approximate surface area is 209 Å². The summed E-state index contributed by atoms with van der Waals surface area (Å²) >= 11 is 3.58. The van der Waals surface area contributed by atoms with E-state index in [1.807, 2.05) is 6.07 Å². The van der Waals surface area contributed by atoms with Crippen molar-refractivity contribution in [1.29, 1.82) is 5.26 Å². The SMILES string of the molecule is CON=C(C(=O)N[C@@H]1C(=O)N2C(C(=O)O)=C(CSc3nnnn3CC#N)CS[C@@H]12)c1csc(N)n1. The van der Waals surface area contributed by atoms with Gasteiger partial charge in [-0.1, -0.05) is 16.9 Å². The first-order chi connectivity index (χ1) is 16.8. The van der Waals surface area contributed by atoms with Gasteiger partial charge in [0.15, 0.2) is 10.8 Å². The molecule has 0 aromatic carbocycles. The lowest BCUT2D eigenvalue weighted by Gasteiger charge is -2.49. The highest BCUT2D eigenvalue weighted by Gasteiger charge is 2.54. The topological polar surface area (TPSA) is 215 Å². The molecule has 18 heteroatoms. The Morgan fingerprint density at radius 2 is 2.31 bits per heavy atom. The van der Waals surface area contributed by atoms with E-state index in [1.54, 1.807) is 0 Å². The Hall–Kier alpha value is -3.69. The van der Waals surface area contributed by atoms with Gasteiger partial charge in [-0.15, -0.1) is 28.2 Å². The van der Waals surface area contributed by atoms with Gasteiger partial charge in [0.05, 0.1) is 6.07 Å². The number of β-lactam (4-membered cyclic amide) rings is 1. The quantitative estimate of drug-likeness (QED) is 0.154. The summed E-state index contributed by atoms with van der Waals surface area (Å²) in [6.45, 7) is -0.0508. The number of fused-ring (bicyclic) bond motifs is 1. The molecule has 1 saturated heterocycles. The highest BCUT2D eigenvalue weighted by atomic mass is 32.2. The number of carboxylic acids is 1. The number of carbonyl (C=O) groups excluding carboxylic acids is 2. The molecule has 2 aliphatic rings. The van der Waals surface area contributed by atoms with Crippen molar-refractivity contribution in [2.45, 2.75) is 23.1 Å². The average Bonchev–Trinajstić information content (AvgIpc) is 3.47. The number of nitrogens with zero attached hydrogens (tertiary/aromatic N) is 8. The molecule has 2 amide bonds. The van der Waals surface area contributed by atoms with Gasteiger partial charge in [0, 0.05) is 16.9 Å². The predicted molar refractivity (Wildman–Crippen MR) is 124 cm³/mol. The van der Waals surface area contributed by atoms with E-state index in [0.717, 1.165) is 28.0 Å². The first-order valence-electron chi connectivity index (χ1n) is 9.65. The number of carbonyl (C=O) groups is 3. The number of oxime groups is 1. The molecule has 1 fully saturated rings. The van der Waals surface area contributed by atoms with Crippen LogP contribution in [0.2, 0.25) is 0 Å². The van der Waals surface area contributed by atoms with E-state index in [-0.39, 0.29) is 34.5 Å². The van der Waals surface area contributed by atoms with E-state index in [9.17, 15) is 19.5 Å². The van der Waals surface area contributed by atoms with Gasteiger partial charge in [-0.25, -0.2) is 14.5 Å². The van der Waals surface area contributed by atoms with Crippen LogP contribution in [0.25, 0.3) is 0 Å². The van der Waals surface area contributed by atoms with Crippen LogP contribution in [0.4, 0.5) is 5.13 Å². The fraction of sp³-hybridized carbons (Fsp3) is 0.353. The summed E-state index contributed by atoms with van der Waals surface area (Å²) < 4.78 is 1.29. The third-order valence-electron chi connectivity index (χ3n) is 4.79. The molecule has 182 valence electrons. The Kier molecular flexibility index (Phi) is 7.18. The smallest absolute Gasteiger partial charge is 0.352 e. The minimum atomic E-state index is -1.26. The van der Waals surface area contributed by atoms with Crippen LogP contribution < -0.4 is 11.1 Å². The van der Waals surface area contributed by atoms with Gasteiger partial charge in [0.1, 0.15) is 36.5 Å². The number of nitrogens with two attached hydrogens (primary N) is 1. The molecule has 4 heterocycles. The van der Waals surface area contributed by atoms with Crippen LogP contribution >= 0.6 is 34.9 Å². The molecular formula is C17H16N10O5S3. The van der Waals surface area contributed by atoms with Crippen LogP contribution in [-0.4, -0.2) is 88.7 Å². The van der Waals surface area contributed by atoms with Crippen molar-refractivity contribution in [3.63, 3.8) is 0 Å². The number of amides is 2. The maximum absolute atomic E-state index is 12.9. The summed E-state index contributed by atoms with van der Waals surface area (Å²) in [6.07, 6.45) is 0. The number of nitriles is 1. The number of thioether (sulfide) groups is 2. The molecule has 0 saturated carbocycles. The molecule has 0 unspecified atom stereocenters. The minimum Gasteiger partial charge on any atom is -0.477 e. The molecule has 0 aliphatic carbocycles. The average molecular weight is 537 g/mol. The number of thiazole rings is 1. The molecular weight excluding hydrogens is 520 g/mol. The first-order valence-corrected chi connectivity index (χ1v) is 12.6. The number of aromatic nitrogens is 5. The standard InChI is InChI=1S/C17H16N10O5S3/c1-32-23-9(8-6-34-16(19)20-8)12(28)21-10-13(29)27-11(15(30)31)7(4-33-14(10)27)5-35-17-22-24-25-26(17)3-2-18/h6,10,14H,3-5H2,1H3,(H2,19,20)(H,21,28)(H,30,31)/t10-,14+/m1/s1. The monoisotopic (exact) mass is 536 g/mol. The number of rotatable bonds is 9. The van der Waals surface area contributed by atoms with E-state index < -0.39 is 29.2 Å². The van der Waals surface area contributed by atoms with Crippen LogP contribution in [0.5, 0.6) is 0 Å². The third-order valence-corrected chi connectivity index (χ3v) is 7.85. The van der Waals surface area contributed by atoms with Gasteiger partial charge in [0.25, 0.3) is 11.8 Å². The van der Waals surface area contributed by atoms with E-state index in [2.05, 4.69) is 31.0 Å². The highest BCUT2D eigenvalue weighted by Crippen LogP contribution is 2.41. The second kappa shape index (κ2) is 10.3. The van der Waals surface area contributed by atoms with Crippen LogP contribution in [0.3, 0.4) is 0 Å². The molecule has 4 N–H and O–H groups in total. The lowest BCUT2D eigenvalue weighted by Crippen LogP contribution is -2.71. The normalized spacial score (nSPS) is 19.6. The molecule has 2 aromatic heterocycles. The van der Waals surface area contributed by atoms with Crippen molar-refractivity contribution in [1.82, 2.24) is 35.4 Å². The maximum Gasteiger partial charge on any atom is 0.352 e. The van der Waals surface area contributed by atoms with Gasteiger partial charge in [-0.05, 0) is 16.0 Å². The zero-order valence-corrected chi connectivity index (χ0v) is 20.3. The molecule has 0 radical (unpaired) electrons. The second-order valence-corrected chi connectivity index (χ2v) is 9.81. The summed E-state index contributed by atoms with van der Waals surface area (Å²) in [5, 5.41) is 37.5. The van der Waals surface area contributed by atoms with Crippen molar-refractivity contribution >= 4 is 63.5 Å². The largest absolute Gasteiger partial charge is 0.477 e. The fourth-order valence-electron chi connectivity index (χ4n) is 3.31. The van der Waals surface area contributed by atoms with Gasteiger partial charge in [0.2, 0.25) is 5.16 Å². The summed E-state index contributed by atoms with van der Waals surface area (Å²) in [4.78, 5) is 47.6. The third kappa shape index (κ3) is 4.78. The van der Waals surface area contributed by atoms with E-state index in [4.69, 9.17) is 15.8 Å². The minimum absolute atomic E-state index is 0.0508. The van der Waals surface area contributed by atoms with Crippen molar-refractivity contribution in [3.05, 3.63) is 22.3 Å². The van der Waals surface area contributed by atoms with Crippen molar-refractivity contribution in [3.8, 4) is 6.07 Å². The number of hydrogen-bond donors (Lipinski definition) is 3. The van der Waals surface area contributed by atoms with Gasteiger partial charge in [-0.3, -0.25) is 14.5 Å². The van der Waals surface area contributed by atoms with Gasteiger partial charge < -0.3 is 21.0 Å². The van der Waals surface area contributed by atoms with Crippen molar-refractivity contribution < 1.29 is 24.3 Å². The molecule has 2 aromatic rings. The Balaban J connectivity index is 1.49. The summed E-state index contributed by atoms with van der Waals surface area (Å²) in [5.41, 5.74) is 6.00. The lowest BCUT2D eigenvalue weighted by atomic mass is 10.0. The summed E-state index contributed by atoms with van der Waals surface area (Å²) in [5.74, 6) is -2.04. The van der Waals surface area contributed by atoms with Crippen LogP contribution in [0, 0.1) is 11.3 Å². The Bertz CT molecular complexity index is 1280. The summed E-state index contributed by atoms with van der Waals surface area (Å²) in [7, 11) is 1.26. The highest BCUT2D eigenvalue weighted by molar-refractivity contribution is 8.01. The Morgan fingerprint density at radius 3 is 2.97 bits per heavy atom. The number of aliphatic carboxylic acids is 1. The zero-order valence-electron chi connectivity index (χ0n) is 17.8. The van der Waals surface area contributed by atoms with Gasteiger partial charge >= 0.3 is 5.97 Å². The molecule has 15 nitrogen and oxygen atoms in total. The molecule has 35 heavy (non-hydrogen) atoms. The lowest BCUT2D eigenvalue weighted by molar-refractivity contribution is -0.150. The molecule has 0 bridgehead atoms. The second-order valence-electron chi connectivity index (χ2n) is 6.88. The molecule has 0 spiro atoms. The van der Waals surface area contributed by atoms with Crippen LogP contribution in [0.1, 0.15) is 5.69 Å². The number of nitrogen functional groups attached to an aromatic ring is 1. The predicted octanol–water partition coefficient (Wildman–Crippen LogP) is -0.883. The number of tetrazole rings is 1. The number of nitrogens with one attached hydrogen (secondary N) is 1. The van der Waals surface area contributed by atoms with E-state index in [1.165, 1.54) is 28.9 Å². The maximum atomic E-state index is 12.9. The van der Waals surface area contributed by atoms with E-state index in [0.29, 0.717) is 16.5 Å². The van der Waals surface area contributed by atoms with Gasteiger partial charge in [-0.2, -0.15) is 5.26 Å². The van der Waals surface area contributed by atoms with Crippen LogP contribution in [-0.2, 0) is 25.8 Å². The van der Waals surface area contributed by atoms with Crippen LogP contribution in [0.15, 0.2) is 27.0 Å². The zero-order chi connectivity index (χ0) is 25.1. The Morgan fingerprint density at radius 1 is 1.51 bits per heavy atom.